The second kappa shape index (κ2) is 5.14. The third-order valence-electron chi connectivity index (χ3n) is 3.86. The average Bonchev–Trinajstić information content (AvgIpc) is 2.97. The van der Waals surface area contributed by atoms with Crippen LogP contribution < -0.4 is 0 Å². The van der Waals surface area contributed by atoms with Gasteiger partial charge >= 0.3 is 5.97 Å². The van der Waals surface area contributed by atoms with Crippen molar-refractivity contribution in [3.05, 3.63) is 23.7 Å². The summed E-state index contributed by atoms with van der Waals surface area (Å²) in [6, 6.07) is 4.03. The molecule has 2 heterocycles. The summed E-state index contributed by atoms with van der Waals surface area (Å²) in [4.78, 5) is 13.2. The number of nitrogens with zero attached hydrogens (tertiary/aromatic N) is 1. The summed E-state index contributed by atoms with van der Waals surface area (Å²) in [5.41, 5.74) is 0. The van der Waals surface area contributed by atoms with E-state index in [0.29, 0.717) is 12.0 Å². The van der Waals surface area contributed by atoms with Crippen LogP contribution in [0.4, 0.5) is 0 Å². The molecule has 1 aromatic rings. The van der Waals surface area contributed by atoms with E-state index in [4.69, 9.17) is 9.52 Å². The summed E-state index contributed by atoms with van der Waals surface area (Å²) in [5, 5.41) is 8.88. The summed E-state index contributed by atoms with van der Waals surface area (Å²) in [6.07, 6.45) is 2.42. The highest BCUT2D eigenvalue weighted by atomic mass is 16.4. The van der Waals surface area contributed by atoms with Crippen LogP contribution in [0.25, 0.3) is 0 Å². The molecule has 1 aliphatic rings. The molecule has 0 spiro atoms. The molecule has 2 unspecified atom stereocenters. The molecule has 18 heavy (non-hydrogen) atoms. The fourth-order valence-electron chi connectivity index (χ4n) is 2.87. The number of carboxylic acids is 1. The lowest BCUT2D eigenvalue weighted by Crippen LogP contribution is -2.35. The normalized spacial score (nSPS) is 22.6. The molecule has 0 bridgehead atoms. The predicted molar refractivity (Wildman–Crippen MR) is 68.6 cm³/mol. The molecule has 1 fully saturated rings. The minimum absolute atomic E-state index is 0.0251. The van der Waals surface area contributed by atoms with Crippen molar-refractivity contribution in [1.29, 1.82) is 0 Å². The zero-order valence-electron chi connectivity index (χ0n) is 11.2. The summed E-state index contributed by atoms with van der Waals surface area (Å²) in [5.74, 6) is 0.385. The van der Waals surface area contributed by atoms with E-state index < -0.39 is 5.97 Å². The van der Waals surface area contributed by atoms with E-state index in [1.54, 1.807) is 6.07 Å². The van der Waals surface area contributed by atoms with Gasteiger partial charge in [0.25, 0.3) is 0 Å². The lowest BCUT2D eigenvalue weighted by molar-refractivity contribution is 0.0653. The van der Waals surface area contributed by atoms with Gasteiger partial charge in [0.2, 0.25) is 5.76 Å². The van der Waals surface area contributed by atoms with Gasteiger partial charge in [0.05, 0.1) is 6.04 Å². The average molecular weight is 251 g/mol. The van der Waals surface area contributed by atoms with E-state index in [1.807, 2.05) is 0 Å². The third kappa shape index (κ3) is 2.43. The smallest absolute Gasteiger partial charge is 0.371 e. The summed E-state index contributed by atoms with van der Waals surface area (Å²) < 4.78 is 5.41. The predicted octanol–water partition coefficient (Wildman–Crippen LogP) is 3.16. The summed E-state index contributed by atoms with van der Waals surface area (Å²) in [7, 11) is 0. The van der Waals surface area contributed by atoms with E-state index in [9.17, 15) is 4.79 Å². The highest BCUT2D eigenvalue weighted by Crippen LogP contribution is 2.33. The molecule has 1 saturated heterocycles. The molecule has 2 rings (SSSR count). The minimum Gasteiger partial charge on any atom is -0.475 e. The maximum Gasteiger partial charge on any atom is 0.371 e. The van der Waals surface area contributed by atoms with E-state index in [1.165, 1.54) is 18.9 Å². The van der Waals surface area contributed by atoms with Crippen molar-refractivity contribution in [3.8, 4) is 0 Å². The Morgan fingerprint density at radius 1 is 1.44 bits per heavy atom. The van der Waals surface area contributed by atoms with Crippen molar-refractivity contribution in [3.63, 3.8) is 0 Å². The minimum atomic E-state index is -1.00. The van der Waals surface area contributed by atoms with E-state index in [0.717, 1.165) is 12.3 Å². The summed E-state index contributed by atoms with van der Waals surface area (Å²) in [6.45, 7) is 7.62. The van der Waals surface area contributed by atoms with Crippen molar-refractivity contribution in [2.75, 3.05) is 6.54 Å². The Morgan fingerprint density at radius 3 is 2.72 bits per heavy atom. The molecule has 4 heteroatoms. The van der Waals surface area contributed by atoms with Crippen molar-refractivity contribution >= 4 is 5.97 Å². The molecule has 0 radical (unpaired) electrons. The first-order chi connectivity index (χ1) is 8.50. The molecule has 2 atom stereocenters. The van der Waals surface area contributed by atoms with Crippen molar-refractivity contribution in [2.45, 2.75) is 45.7 Å². The van der Waals surface area contributed by atoms with Gasteiger partial charge < -0.3 is 9.52 Å². The zero-order chi connectivity index (χ0) is 13.3. The Morgan fingerprint density at radius 2 is 2.17 bits per heavy atom. The van der Waals surface area contributed by atoms with Gasteiger partial charge in [0.15, 0.2) is 0 Å². The van der Waals surface area contributed by atoms with Gasteiger partial charge in [-0.2, -0.15) is 0 Å². The number of hydrogen-bond acceptors (Lipinski definition) is 3. The fourth-order valence-corrected chi connectivity index (χ4v) is 2.87. The standard InChI is InChI=1S/C14H21NO3/c1-9(2)11-5-4-8-15(11)10(3)12-6-7-13(18-12)14(16)17/h6-7,9-11H,4-5,8H2,1-3H3,(H,16,17). The highest BCUT2D eigenvalue weighted by molar-refractivity contribution is 5.84. The van der Waals surface area contributed by atoms with Gasteiger partial charge in [-0.1, -0.05) is 13.8 Å². The molecule has 1 aliphatic heterocycles. The molecule has 1 aromatic heterocycles. The topological polar surface area (TPSA) is 53.7 Å². The van der Waals surface area contributed by atoms with Crippen LogP contribution in [0.15, 0.2) is 16.5 Å². The second-order valence-electron chi connectivity index (χ2n) is 5.37. The Balaban J connectivity index is 2.14. The lowest BCUT2D eigenvalue weighted by Gasteiger charge is -2.31. The van der Waals surface area contributed by atoms with E-state index in [2.05, 4.69) is 25.7 Å². The molecule has 0 aromatic carbocycles. The Hall–Kier alpha value is -1.29. The van der Waals surface area contributed by atoms with Crippen LogP contribution >= 0.6 is 0 Å². The molecular formula is C14H21NO3. The van der Waals surface area contributed by atoms with Crippen LogP contribution in [-0.2, 0) is 0 Å². The molecule has 4 nitrogen and oxygen atoms in total. The van der Waals surface area contributed by atoms with Gasteiger partial charge in [0.1, 0.15) is 5.76 Å². The van der Waals surface area contributed by atoms with Crippen molar-refractivity contribution < 1.29 is 14.3 Å². The van der Waals surface area contributed by atoms with Gasteiger partial charge in [-0.15, -0.1) is 0 Å². The van der Waals surface area contributed by atoms with Crippen LogP contribution in [0.2, 0.25) is 0 Å². The SMILES string of the molecule is CC(C)C1CCCN1C(C)c1ccc(C(=O)O)o1. The van der Waals surface area contributed by atoms with Crippen LogP contribution in [0, 0.1) is 5.92 Å². The quantitative estimate of drug-likeness (QED) is 0.893. The Labute approximate surface area is 108 Å². The maximum atomic E-state index is 10.8. The first kappa shape index (κ1) is 13.1. The monoisotopic (exact) mass is 251 g/mol. The number of carbonyl (C=O) groups is 1. The van der Waals surface area contributed by atoms with Crippen molar-refractivity contribution in [1.82, 2.24) is 4.90 Å². The molecule has 1 N–H and O–H groups in total. The van der Waals surface area contributed by atoms with E-state index in [-0.39, 0.29) is 11.8 Å². The highest BCUT2D eigenvalue weighted by Gasteiger charge is 2.32. The fraction of sp³-hybridized carbons (Fsp3) is 0.643. The van der Waals surface area contributed by atoms with Gasteiger partial charge in [0, 0.05) is 6.04 Å². The third-order valence-corrected chi connectivity index (χ3v) is 3.86. The first-order valence-corrected chi connectivity index (χ1v) is 6.59. The van der Waals surface area contributed by atoms with Gasteiger partial charge in [-0.05, 0) is 44.4 Å². The van der Waals surface area contributed by atoms with Crippen LogP contribution in [-0.4, -0.2) is 28.6 Å². The largest absolute Gasteiger partial charge is 0.475 e. The number of furan rings is 1. The number of likely N-dealkylation sites (tertiary alicyclic amines) is 1. The Kier molecular flexibility index (Phi) is 3.76. The number of carboxylic acid groups (broad SMARTS) is 1. The zero-order valence-corrected chi connectivity index (χ0v) is 11.2. The van der Waals surface area contributed by atoms with Gasteiger partial charge in [-0.25, -0.2) is 4.79 Å². The van der Waals surface area contributed by atoms with E-state index >= 15 is 0 Å². The van der Waals surface area contributed by atoms with Gasteiger partial charge in [-0.3, -0.25) is 4.90 Å². The lowest BCUT2D eigenvalue weighted by atomic mass is 10.0. The molecule has 0 aliphatic carbocycles. The summed E-state index contributed by atoms with van der Waals surface area (Å²) >= 11 is 0. The number of aromatic carboxylic acids is 1. The maximum absolute atomic E-state index is 10.8. The van der Waals surface area contributed by atoms with Crippen molar-refractivity contribution in [2.24, 2.45) is 5.92 Å². The number of rotatable bonds is 4. The molecule has 0 amide bonds. The van der Waals surface area contributed by atoms with Crippen LogP contribution in [0.1, 0.15) is 56.0 Å². The number of hydrogen-bond donors (Lipinski definition) is 1. The molecule has 100 valence electrons. The molecule has 0 saturated carbocycles. The van der Waals surface area contributed by atoms with Crippen LogP contribution in [0.5, 0.6) is 0 Å². The first-order valence-electron chi connectivity index (χ1n) is 6.59. The second-order valence-corrected chi connectivity index (χ2v) is 5.37. The van der Waals surface area contributed by atoms with Crippen LogP contribution in [0.3, 0.4) is 0 Å². The Bertz CT molecular complexity index is 424. The molecular weight excluding hydrogens is 230 g/mol.